The van der Waals surface area contributed by atoms with Gasteiger partial charge in [-0.25, -0.2) is 0 Å². The van der Waals surface area contributed by atoms with Crippen molar-refractivity contribution in [1.82, 2.24) is 4.90 Å². The molecule has 0 saturated heterocycles. The number of nitrogens with zero attached hydrogens (tertiary/aromatic N) is 1. The summed E-state index contributed by atoms with van der Waals surface area (Å²) in [5, 5.41) is 2.87. The first-order valence-corrected chi connectivity index (χ1v) is 9.38. The number of rotatable bonds is 9. The lowest BCUT2D eigenvalue weighted by Crippen LogP contribution is -2.31. The molecule has 6 heteroatoms. The first-order chi connectivity index (χ1) is 13.5. The zero-order valence-corrected chi connectivity index (χ0v) is 17.0. The first-order valence-electron chi connectivity index (χ1n) is 9.38. The van der Waals surface area contributed by atoms with Crippen LogP contribution in [0.3, 0.4) is 0 Å². The highest BCUT2D eigenvalue weighted by molar-refractivity contribution is 5.92. The summed E-state index contributed by atoms with van der Waals surface area (Å²) in [7, 11) is 3.15. The molecule has 0 aromatic heterocycles. The van der Waals surface area contributed by atoms with E-state index in [2.05, 4.69) is 5.32 Å². The fourth-order valence-electron chi connectivity index (χ4n) is 2.97. The zero-order chi connectivity index (χ0) is 20.5. The van der Waals surface area contributed by atoms with Gasteiger partial charge in [0, 0.05) is 24.3 Å². The largest absolute Gasteiger partial charge is 0.497 e. The number of nitrogens with one attached hydrogen (secondary N) is 1. The molecule has 0 aliphatic rings. The van der Waals surface area contributed by atoms with Crippen LogP contribution in [0.25, 0.3) is 0 Å². The molecule has 0 bridgehead atoms. The number of benzene rings is 2. The van der Waals surface area contributed by atoms with Crippen molar-refractivity contribution in [3.63, 3.8) is 0 Å². The molecule has 150 valence electrons. The number of hydrogen-bond acceptors (Lipinski definition) is 4. The molecule has 0 radical (unpaired) electrons. The van der Waals surface area contributed by atoms with Crippen LogP contribution in [-0.2, 0) is 22.4 Å². The van der Waals surface area contributed by atoms with Crippen molar-refractivity contribution in [2.24, 2.45) is 0 Å². The zero-order valence-electron chi connectivity index (χ0n) is 17.0. The topological polar surface area (TPSA) is 67.9 Å². The van der Waals surface area contributed by atoms with Crippen molar-refractivity contribution in [1.29, 1.82) is 0 Å². The maximum atomic E-state index is 12.4. The second kappa shape index (κ2) is 10.3. The molecule has 0 atom stereocenters. The summed E-state index contributed by atoms with van der Waals surface area (Å²) in [6, 6.07) is 12.7. The van der Waals surface area contributed by atoms with Crippen LogP contribution in [0.4, 0.5) is 5.69 Å². The van der Waals surface area contributed by atoms with Gasteiger partial charge in [-0.15, -0.1) is 0 Å². The number of amides is 2. The second-order valence-electron chi connectivity index (χ2n) is 6.34. The van der Waals surface area contributed by atoms with Gasteiger partial charge < -0.3 is 19.7 Å². The van der Waals surface area contributed by atoms with Crippen molar-refractivity contribution < 1.29 is 19.1 Å². The highest BCUT2D eigenvalue weighted by Gasteiger charge is 2.12. The summed E-state index contributed by atoms with van der Waals surface area (Å²) in [5.74, 6) is 1.26. The fourth-order valence-corrected chi connectivity index (χ4v) is 2.97. The van der Waals surface area contributed by atoms with Crippen LogP contribution in [0, 0.1) is 0 Å². The number of carbonyl (C=O) groups is 2. The quantitative estimate of drug-likeness (QED) is 0.720. The highest BCUT2D eigenvalue weighted by Crippen LogP contribution is 2.24. The SMILES string of the molecule is CCN(CC)C(=O)Cc1ccc(NC(=O)Cc2cc(OC)ccc2OC)cc1. The molecule has 28 heavy (non-hydrogen) atoms. The van der Waals surface area contributed by atoms with Crippen LogP contribution in [0.2, 0.25) is 0 Å². The van der Waals surface area contributed by atoms with Crippen LogP contribution >= 0.6 is 0 Å². The Bertz CT molecular complexity index is 799. The summed E-state index contributed by atoms with van der Waals surface area (Å²) in [4.78, 5) is 26.4. The Balaban J connectivity index is 1.99. The summed E-state index contributed by atoms with van der Waals surface area (Å²) in [6.07, 6.45) is 0.527. The van der Waals surface area contributed by atoms with E-state index in [0.717, 1.165) is 11.1 Å². The Morgan fingerprint density at radius 1 is 0.929 bits per heavy atom. The summed E-state index contributed by atoms with van der Waals surface area (Å²) < 4.78 is 10.5. The van der Waals surface area contributed by atoms with Gasteiger partial charge in [0.05, 0.1) is 27.1 Å². The molecule has 0 aliphatic heterocycles. The van der Waals surface area contributed by atoms with Gasteiger partial charge in [-0.1, -0.05) is 12.1 Å². The molecular formula is C22H28N2O4. The maximum Gasteiger partial charge on any atom is 0.228 e. The van der Waals surface area contributed by atoms with Gasteiger partial charge in [-0.3, -0.25) is 9.59 Å². The second-order valence-corrected chi connectivity index (χ2v) is 6.34. The van der Waals surface area contributed by atoms with E-state index in [1.54, 1.807) is 37.3 Å². The molecule has 6 nitrogen and oxygen atoms in total. The Hall–Kier alpha value is -3.02. The molecule has 0 saturated carbocycles. The Morgan fingerprint density at radius 3 is 2.18 bits per heavy atom. The van der Waals surface area contributed by atoms with Crippen LogP contribution in [-0.4, -0.2) is 44.0 Å². The van der Waals surface area contributed by atoms with Crippen LogP contribution in [0.1, 0.15) is 25.0 Å². The monoisotopic (exact) mass is 384 g/mol. The molecule has 2 aromatic carbocycles. The minimum atomic E-state index is -0.154. The van der Waals surface area contributed by atoms with E-state index < -0.39 is 0 Å². The van der Waals surface area contributed by atoms with Gasteiger partial charge in [0.25, 0.3) is 0 Å². The van der Waals surface area contributed by atoms with Gasteiger partial charge in [-0.05, 0) is 49.7 Å². The molecule has 1 N–H and O–H groups in total. The molecule has 0 aliphatic carbocycles. The van der Waals surface area contributed by atoms with Gasteiger partial charge >= 0.3 is 0 Å². The van der Waals surface area contributed by atoms with Crippen molar-refractivity contribution in [3.05, 3.63) is 53.6 Å². The van der Waals surface area contributed by atoms with Crippen molar-refractivity contribution in [2.45, 2.75) is 26.7 Å². The van der Waals surface area contributed by atoms with E-state index in [1.165, 1.54) is 0 Å². The van der Waals surface area contributed by atoms with E-state index in [0.29, 0.717) is 36.7 Å². The number of likely N-dealkylation sites (N-methyl/N-ethyl adjacent to an activating group) is 1. The van der Waals surface area contributed by atoms with Crippen LogP contribution in [0.5, 0.6) is 11.5 Å². The lowest BCUT2D eigenvalue weighted by molar-refractivity contribution is -0.130. The first kappa shape index (κ1) is 21.3. The fraction of sp³-hybridized carbons (Fsp3) is 0.364. The predicted octanol–water partition coefficient (Wildman–Crippen LogP) is 3.30. The number of anilines is 1. The van der Waals surface area contributed by atoms with Gasteiger partial charge in [0.15, 0.2) is 0 Å². The third kappa shape index (κ3) is 5.74. The third-order valence-corrected chi connectivity index (χ3v) is 4.55. The van der Waals surface area contributed by atoms with E-state index >= 15 is 0 Å². The Kier molecular flexibility index (Phi) is 7.87. The lowest BCUT2D eigenvalue weighted by Gasteiger charge is -2.18. The Morgan fingerprint density at radius 2 is 1.61 bits per heavy atom. The van der Waals surface area contributed by atoms with Gasteiger partial charge in [0.1, 0.15) is 11.5 Å². The lowest BCUT2D eigenvalue weighted by atomic mass is 10.1. The summed E-state index contributed by atoms with van der Waals surface area (Å²) in [6.45, 7) is 5.35. The number of hydrogen-bond donors (Lipinski definition) is 1. The summed E-state index contributed by atoms with van der Waals surface area (Å²) in [5.41, 5.74) is 2.36. The van der Waals surface area contributed by atoms with Crippen LogP contribution in [0.15, 0.2) is 42.5 Å². The summed E-state index contributed by atoms with van der Waals surface area (Å²) >= 11 is 0. The standard InChI is InChI=1S/C22H28N2O4/c1-5-24(6-2)22(26)13-16-7-9-18(10-8-16)23-21(25)15-17-14-19(27-3)11-12-20(17)28-4/h7-12,14H,5-6,13,15H2,1-4H3,(H,23,25). The smallest absolute Gasteiger partial charge is 0.228 e. The van der Waals surface area contributed by atoms with Crippen molar-refractivity contribution in [2.75, 3.05) is 32.6 Å². The predicted molar refractivity (Wildman–Crippen MR) is 110 cm³/mol. The average Bonchev–Trinajstić information content (AvgIpc) is 2.70. The minimum Gasteiger partial charge on any atom is -0.497 e. The molecule has 0 unspecified atom stereocenters. The molecular weight excluding hydrogens is 356 g/mol. The van der Waals surface area contributed by atoms with Crippen molar-refractivity contribution in [3.8, 4) is 11.5 Å². The third-order valence-electron chi connectivity index (χ3n) is 4.55. The molecule has 2 amide bonds. The van der Waals surface area contributed by atoms with E-state index in [9.17, 15) is 9.59 Å². The maximum absolute atomic E-state index is 12.4. The average molecular weight is 384 g/mol. The van der Waals surface area contributed by atoms with E-state index in [4.69, 9.17) is 9.47 Å². The van der Waals surface area contributed by atoms with E-state index in [-0.39, 0.29) is 18.2 Å². The van der Waals surface area contributed by atoms with Gasteiger partial charge in [0.2, 0.25) is 11.8 Å². The number of ether oxygens (including phenoxy) is 2. The minimum absolute atomic E-state index is 0.104. The van der Waals surface area contributed by atoms with Crippen molar-refractivity contribution >= 4 is 17.5 Å². The Labute approximate surface area is 166 Å². The normalized spacial score (nSPS) is 10.3. The molecule has 2 aromatic rings. The van der Waals surface area contributed by atoms with Crippen LogP contribution < -0.4 is 14.8 Å². The number of methoxy groups -OCH3 is 2. The van der Waals surface area contributed by atoms with Gasteiger partial charge in [-0.2, -0.15) is 0 Å². The molecule has 0 fully saturated rings. The molecule has 2 rings (SSSR count). The highest BCUT2D eigenvalue weighted by atomic mass is 16.5. The van der Waals surface area contributed by atoms with E-state index in [1.807, 2.05) is 38.1 Å². The number of carbonyl (C=O) groups excluding carboxylic acids is 2. The molecule has 0 heterocycles. The molecule has 0 spiro atoms.